The van der Waals surface area contributed by atoms with E-state index in [9.17, 15) is 4.79 Å². The van der Waals surface area contributed by atoms with E-state index in [0.717, 1.165) is 19.6 Å². The lowest BCUT2D eigenvalue weighted by Crippen LogP contribution is -2.52. The topological polar surface area (TPSA) is 49.6 Å². The number of nitrogens with two attached hydrogens (primary N) is 1. The SMILES string of the molecule is CN(C)C/C=C/C(=O)N1CC(CN)C1. The maximum absolute atomic E-state index is 11.4. The van der Waals surface area contributed by atoms with E-state index in [1.807, 2.05) is 30.0 Å². The van der Waals surface area contributed by atoms with Gasteiger partial charge in [-0.05, 0) is 20.6 Å². The fraction of sp³-hybridized carbons (Fsp3) is 0.700. The van der Waals surface area contributed by atoms with Crippen LogP contribution in [0.5, 0.6) is 0 Å². The van der Waals surface area contributed by atoms with Gasteiger partial charge in [-0.15, -0.1) is 0 Å². The molecule has 1 saturated heterocycles. The van der Waals surface area contributed by atoms with Crippen LogP contribution in [0.2, 0.25) is 0 Å². The number of likely N-dealkylation sites (N-methyl/N-ethyl adjacent to an activating group) is 1. The summed E-state index contributed by atoms with van der Waals surface area (Å²) in [7, 11) is 3.95. The Kier molecular flexibility index (Phi) is 4.10. The number of hydrogen-bond donors (Lipinski definition) is 1. The van der Waals surface area contributed by atoms with Gasteiger partial charge in [-0.2, -0.15) is 0 Å². The summed E-state index contributed by atoms with van der Waals surface area (Å²) < 4.78 is 0. The lowest BCUT2D eigenvalue weighted by Gasteiger charge is -2.37. The summed E-state index contributed by atoms with van der Waals surface area (Å²) in [6, 6.07) is 0. The van der Waals surface area contributed by atoms with E-state index < -0.39 is 0 Å². The van der Waals surface area contributed by atoms with Crippen LogP contribution in [0.3, 0.4) is 0 Å². The first kappa shape index (κ1) is 11.2. The van der Waals surface area contributed by atoms with E-state index in [1.54, 1.807) is 6.08 Å². The standard InChI is InChI=1S/C10H19N3O/c1-12(2)5-3-4-10(14)13-7-9(6-11)8-13/h3-4,9H,5-8,11H2,1-2H3/b4-3+. The number of nitrogens with zero attached hydrogens (tertiary/aromatic N) is 2. The van der Waals surface area contributed by atoms with Crippen molar-refractivity contribution in [1.82, 2.24) is 9.80 Å². The fourth-order valence-corrected chi connectivity index (χ4v) is 1.37. The predicted octanol–water partition coefficient (Wildman–Crippen LogP) is -0.479. The molecule has 0 bridgehead atoms. The van der Waals surface area contributed by atoms with E-state index in [2.05, 4.69) is 0 Å². The molecule has 2 N–H and O–H groups in total. The van der Waals surface area contributed by atoms with E-state index in [-0.39, 0.29) is 5.91 Å². The summed E-state index contributed by atoms with van der Waals surface area (Å²) in [5.74, 6) is 0.623. The van der Waals surface area contributed by atoms with Crippen LogP contribution in [-0.4, -0.2) is 56.0 Å². The molecule has 14 heavy (non-hydrogen) atoms. The zero-order valence-electron chi connectivity index (χ0n) is 8.94. The highest BCUT2D eigenvalue weighted by atomic mass is 16.2. The summed E-state index contributed by atoms with van der Waals surface area (Å²) in [5.41, 5.74) is 5.47. The van der Waals surface area contributed by atoms with Gasteiger partial charge in [-0.1, -0.05) is 6.08 Å². The van der Waals surface area contributed by atoms with Gasteiger partial charge in [0, 0.05) is 31.6 Å². The molecule has 0 atom stereocenters. The Hall–Kier alpha value is -0.870. The molecule has 1 amide bonds. The lowest BCUT2D eigenvalue weighted by molar-refractivity contribution is -0.131. The summed E-state index contributed by atoms with van der Waals surface area (Å²) in [6.45, 7) is 3.13. The highest BCUT2D eigenvalue weighted by molar-refractivity contribution is 5.88. The van der Waals surface area contributed by atoms with Crippen LogP contribution < -0.4 is 5.73 Å². The Labute approximate surface area is 85.3 Å². The molecule has 1 rings (SSSR count). The Morgan fingerprint density at radius 1 is 1.57 bits per heavy atom. The van der Waals surface area contributed by atoms with Crippen molar-refractivity contribution < 1.29 is 4.79 Å². The third-order valence-corrected chi connectivity index (χ3v) is 2.33. The second-order valence-electron chi connectivity index (χ2n) is 4.01. The predicted molar refractivity (Wildman–Crippen MR) is 56.8 cm³/mol. The molecule has 1 aliphatic rings. The van der Waals surface area contributed by atoms with Crippen LogP contribution in [0.1, 0.15) is 0 Å². The number of rotatable bonds is 4. The quantitative estimate of drug-likeness (QED) is 0.619. The van der Waals surface area contributed by atoms with Crippen molar-refractivity contribution in [2.24, 2.45) is 11.7 Å². The zero-order valence-corrected chi connectivity index (χ0v) is 8.94. The molecule has 0 spiro atoms. The molecule has 0 aliphatic carbocycles. The molecule has 0 radical (unpaired) electrons. The molecule has 1 fully saturated rings. The minimum Gasteiger partial charge on any atom is -0.338 e. The number of carbonyl (C=O) groups excluding carboxylic acids is 1. The highest BCUT2D eigenvalue weighted by Crippen LogP contribution is 2.13. The van der Waals surface area contributed by atoms with Crippen molar-refractivity contribution in [2.45, 2.75) is 0 Å². The number of amides is 1. The van der Waals surface area contributed by atoms with Gasteiger partial charge in [0.25, 0.3) is 0 Å². The van der Waals surface area contributed by atoms with E-state index >= 15 is 0 Å². The van der Waals surface area contributed by atoms with E-state index in [0.29, 0.717) is 12.5 Å². The Balaban J connectivity index is 2.20. The number of carbonyl (C=O) groups is 1. The molecule has 1 heterocycles. The highest BCUT2D eigenvalue weighted by Gasteiger charge is 2.27. The lowest BCUT2D eigenvalue weighted by atomic mass is 10.0. The largest absolute Gasteiger partial charge is 0.338 e. The smallest absolute Gasteiger partial charge is 0.246 e. The van der Waals surface area contributed by atoms with Crippen molar-refractivity contribution in [1.29, 1.82) is 0 Å². The maximum atomic E-state index is 11.4. The van der Waals surface area contributed by atoms with Gasteiger partial charge in [-0.3, -0.25) is 4.79 Å². The third-order valence-electron chi connectivity index (χ3n) is 2.33. The van der Waals surface area contributed by atoms with Crippen LogP contribution in [0, 0.1) is 5.92 Å². The molecular formula is C10H19N3O. The zero-order chi connectivity index (χ0) is 10.6. The van der Waals surface area contributed by atoms with Crippen LogP contribution in [0.25, 0.3) is 0 Å². The average molecular weight is 197 g/mol. The van der Waals surface area contributed by atoms with Crippen molar-refractivity contribution in [3.05, 3.63) is 12.2 Å². The van der Waals surface area contributed by atoms with Gasteiger partial charge in [0.05, 0.1) is 0 Å². The summed E-state index contributed by atoms with van der Waals surface area (Å²) in [6.07, 6.45) is 3.53. The molecule has 0 aromatic rings. The van der Waals surface area contributed by atoms with Gasteiger partial charge in [0.2, 0.25) is 5.91 Å². The Morgan fingerprint density at radius 2 is 2.21 bits per heavy atom. The second-order valence-corrected chi connectivity index (χ2v) is 4.01. The summed E-state index contributed by atoms with van der Waals surface area (Å²) in [5, 5.41) is 0. The van der Waals surface area contributed by atoms with Crippen LogP contribution in [0.15, 0.2) is 12.2 Å². The summed E-state index contributed by atoms with van der Waals surface area (Å²) >= 11 is 0. The van der Waals surface area contributed by atoms with E-state index in [1.165, 1.54) is 0 Å². The molecule has 0 saturated carbocycles. The van der Waals surface area contributed by atoms with Gasteiger partial charge >= 0.3 is 0 Å². The third kappa shape index (κ3) is 3.12. The monoisotopic (exact) mass is 197 g/mol. The van der Waals surface area contributed by atoms with Crippen molar-refractivity contribution >= 4 is 5.91 Å². The van der Waals surface area contributed by atoms with Crippen molar-refractivity contribution in [3.8, 4) is 0 Å². The average Bonchev–Trinajstić information content (AvgIpc) is 2.01. The van der Waals surface area contributed by atoms with Crippen LogP contribution in [0.4, 0.5) is 0 Å². The first-order chi connectivity index (χ1) is 6.63. The van der Waals surface area contributed by atoms with Gasteiger partial charge in [0.15, 0.2) is 0 Å². The molecule has 1 aliphatic heterocycles. The van der Waals surface area contributed by atoms with E-state index in [4.69, 9.17) is 5.73 Å². The number of likely N-dealkylation sites (tertiary alicyclic amines) is 1. The molecule has 80 valence electrons. The minimum atomic E-state index is 0.108. The van der Waals surface area contributed by atoms with Crippen LogP contribution >= 0.6 is 0 Å². The van der Waals surface area contributed by atoms with Crippen molar-refractivity contribution in [3.63, 3.8) is 0 Å². The van der Waals surface area contributed by atoms with Gasteiger partial charge in [0.1, 0.15) is 0 Å². The maximum Gasteiger partial charge on any atom is 0.246 e. The van der Waals surface area contributed by atoms with Crippen LogP contribution in [-0.2, 0) is 4.79 Å². The Bertz CT molecular complexity index is 219. The fourth-order valence-electron chi connectivity index (χ4n) is 1.37. The molecule has 0 aromatic carbocycles. The first-order valence-electron chi connectivity index (χ1n) is 4.93. The minimum absolute atomic E-state index is 0.108. The Morgan fingerprint density at radius 3 is 2.71 bits per heavy atom. The second kappa shape index (κ2) is 5.12. The molecule has 4 heteroatoms. The van der Waals surface area contributed by atoms with Crippen molar-refractivity contribution in [2.75, 3.05) is 40.3 Å². The molecular weight excluding hydrogens is 178 g/mol. The molecule has 0 unspecified atom stereocenters. The normalized spacial score (nSPS) is 17.9. The van der Waals surface area contributed by atoms with Gasteiger partial charge in [-0.25, -0.2) is 0 Å². The molecule has 0 aromatic heterocycles. The molecule has 4 nitrogen and oxygen atoms in total. The first-order valence-corrected chi connectivity index (χ1v) is 4.93. The van der Waals surface area contributed by atoms with Gasteiger partial charge < -0.3 is 15.5 Å². The number of hydrogen-bond acceptors (Lipinski definition) is 3. The summed E-state index contributed by atoms with van der Waals surface area (Å²) in [4.78, 5) is 15.3.